The van der Waals surface area contributed by atoms with E-state index in [1.54, 1.807) is 24.3 Å². The number of benzene rings is 1. The lowest BCUT2D eigenvalue weighted by Gasteiger charge is -2.02. The molecule has 0 amide bonds. The summed E-state index contributed by atoms with van der Waals surface area (Å²) in [5.41, 5.74) is 0.927. The van der Waals surface area contributed by atoms with Gasteiger partial charge in [0.05, 0.1) is 0 Å². The minimum absolute atomic E-state index is 0.0945. The quantitative estimate of drug-likeness (QED) is 0.527. The van der Waals surface area contributed by atoms with Crippen LogP contribution >= 0.6 is 0 Å². The summed E-state index contributed by atoms with van der Waals surface area (Å²) in [6, 6.07) is 6.73. The first kappa shape index (κ1) is 9.38. The Balaban J connectivity index is 2.75. The summed E-state index contributed by atoms with van der Waals surface area (Å²) in [6.07, 6.45) is 0. The molecule has 0 aliphatic carbocycles. The SMILES string of the molecule is CC(=O)OCc1ccccc1N=O. The van der Waals surface area contributed by atoms with E-state index >= 15 is 0 Å². The molecule has 0 fully saturated rings. The number of carbonyl (C=O) groups excluding carboxylic acids is 1. The Morgan fingerprint density at radius 3 is 2.77 bits per heavy atom. The van der Waals surface area contributed by atoms with Crippen molar-refractivity contribution in [2.75, 3.05) is 0 Å². The Morgan fingerprint density at radius 1 is 1.46 bits per heavy atom. The van der Waals surface area contributed by atoms with Crippen molar-refractivity contribution < 1.29 is 9.53 Å². The van der Waals surface area contributed by atoms with E-state index in [9.17, 15) is 9.70 Å². The van der Waals surface area contributed by atoms with Gasteiger partial charge in [-0.1, -0.05) is 18.2 Å². The van der Waals surface area contributed by atoms with Crippen LogP contribution in [0.25, 0.3) is 0 Å². The number of carbonyl (C=O) groups is 1. The van der Waals surface area contributed by atoms with Crippen molar-refractivity contribution >= 4 is 11.7 Å². The molecule has 68 valence electrons. The van der Waals surface area contributed by atoms with Crippen LogP contribution in [0.1, 0.15) is 12.5 Å². The number of rotatable bonds is 3. The molecule has 0 bridgehead atoms. The summed E-state index contributed by atoms with van der Waals surface area (Å²) in [5, 5.41) is 2.81. The second kappa shape index (κ2) is 4.35. The van der Waals surface area contributed by atoms with E-state index in [0.29, 0.717) is 11.3 Å². The van der Waals surface area contributed by atoms with E-state index in [4.69, 9.17) is 4.74 Å². The van der Waals surface area contributed by atoms with Crippen molar-refractivity contribution in [3.63, 3.8) is 0 Å². The molecular formula is C9H9NO3. The molecule has 0 aliphatic rings. The number of hydrogen-bond acceptors (Lipinski definition) is 4. The van der Waals surface area contributed by atoms with Crippen LogP contribution in [0.5, 0.6) is 0 Å². The average Bonchev–Trinajstić information content (AvgIpc) is 2.15. The van der Waals surface area contributed by atoms with Gasteiger partial charge in [0.1, 0.15) is 12.3 Å². The molecule has 4 heteroatoms. The molecule has 0 aromatic heterocycles. The van der Waals surface area contributed by atoms with Gasteiger partial charge >= 0.3 is 5.97 Å². The zero-order valence-corrected chi connectivity index (χ0v) is 7.19. The molecule has 0 saturated carbocycles. The third kappa shape index (κ3) is 2.66. The minimum Gasteiger partial charge on any atom is -0.461 e. The van der Waals surface area contributed by atoms with Crippen LogP contribution in [-0.4, -0.2) is 5.97 Å². The Kier molecular flexibility index (Phi) is 3.14. The first-order chi connectivity index (χ1) is 6.24. The fourth-order valence-corrected chi connectivity index (χ4v) is 0.901. The Morgan fingerprint density at radius 2 is 2.15 bits per heavy atom. The van der Waals surface area contributed by atoms with Gasteiger partial charge in [-0.2, -0.15) is 0 Å². The molecule has 0 spiro atoms. The van der Waals surface area contributed by atoms with Crippen molar-refractivity contribution in [3.8, 4) is 0 Å². The molecule has 4 nitrogen and oxygen atoms in total. The van der Waals surface area contributed by atoms with Crippen LogP contribution < -0.4 is 0 Å². The standard InChI is InChI=1S/C9H9NO3/c1-7(11)13-6-8-4-2-3-5-9(8)10-12/h2-5H,6H2,1H3. The van der Waals surface area contributed by atoms with Gasteiger partial charge in [-0.25, -0.2) is 0 Å². The highest BCUT2D eigenvalue weighted by Crippen LogP contribution is 2.18. The smallest absolute Gasteiger partial charge is 0.302 e. The van der Waals surface area contributed by atoms with Gasteiger partial charge in [0.2, 0.25) is 0 Å². The van der Waals surface area contributed by atoms with Crippen molar-refractivity contribution in [3.05, 3.63) is 34.7 Å². The summed E-state index contributed by atoms with van der Waals surface area (Å²) >= 11 is 0. The van der Waals surface area contributed by atoms with Crippen molar-refractivity contribution in [2.45, 2.75) is 13.5 Å². The van der Waals surface area contributed by atoms with Gasteiger partial charge < -0.3 is 4.74 Å². The van der Waals surface area contributed by atoms with Gasteiger partial charge in [0.15, 0.2) is 0 Å². The molecule has 0 unspecified atom stereocenters. The van der Waals surface area contributed by atoms with E-state index in [-0.39, 0.29) is 12.6 Å². The zero-order valence-electron chi connectivity index (χ0n) is 7.19. The van der Waals surface area contributed by atoms with Crippen molar-refractivity contribution in [1.29, 1.82) is 0 Å². The van der Waals surface area contributed by atoms with Crippen molar-refractivity contribution in [1.82, 2.24) is 0 Å². The largest absolute Gasteiger partial charge is 0.461 e. The fraction of sp³-hybridized carbons (Fsp3) is 0.222. The number of nitroso groups, excluding NO2 is 1. The van der Waals surface area contributed by atoms with Gasteiger partial charge in [0.25, 0.3) is 0 Å². The van der Waals surface area contributed by atoms with Gasteiger partial charge in [-0.3, -0.25) is 4.79 Å². The molecule has 0 aliphatic heterocycles. The van der Waals surface area contributed by atoms with Crippen LogP contribution in [0.3, 0.4) is 0 Å². The third-order valence-corrected chi connectivity index (χ3v) is 1.52. The molecule has 0 saturated heterocycles. The lowest BCUT2D eigenvalue weighted by Crippen LogP contribution is -1.98. The second-order valence-corrected chi connectivity index (χ2v) is 2.50. The van der Waals surface area contributed by atoms with E-state index in [1.807, 2.05) is 0 Å². The van der Waals surface area contributed by atoms with E-state index in [0.717, 1.165) is 0 Å². The van der Waals surface area contributed by atoms with Crippen LogP contribution in [-0.2, 0) is 16.1 Å². The molecule has 0 N–H and O–H groups in total. The highest BCUT2D eigenvalue weighted by Gasteiger charge is 2.02. The molecule has 1 aromatic carbocycles. The number of hydrogen-bond donors (Lipinski definition) is 0. The maximum absolute atomic E-state index is 10.5. The molecular weight excluding hydrogens is 170 g/mol. The lowest BCUT2D eigenvalue weighted by atomic mass is 10.2. The summed E-state index contributed by atoms with van der Waals surface area (Å²) in [4.78, 5) is 20.8. The van der Waals surface area contributed by atoms with Gasteiger partial charge in [-0.05, 0) is 11.2 Å². The number of esters is 1. The topological polar surface area (TPSA) is 55.7 Å². The predicted octanol–water partition coefficient (Wildman–Crippen LogP) is 2.15. The molecule has 1 aromatic rings. The molecule has 13 heavy (non-hydrogen) atoms. The predicted molar refractivity (Wildman–Crippen MR) is 47.4 cm³/mol. The summed E-state index contributed by atoms with van der Waals surface area (Å²) in [7, 11) is 0. The van der Waals surface area contributed by atoms with Crippen LogP contribution in [0.4, 0.5) is 5.69 Å². The van der Waals surface area contributed by atoms with Crippen LogP contribution in [0.15, 0.2) is 29.4 Å². The van der Waals surface area contributed by atoms with Crippen LogP contribution in [0, 0.1) is 4.91 Å². The zero-order chi connectivity index (χ0) is 9.68. The highest BCUT2D eigenvalue weighted by atomic mass is 16.5. The minimum atomic E-state index is -0.374. The highest BCUT2D eigenvalue weighted by molar-refractivity contribution is 5.66. The average molecular weight is 179 g/mol. The fourth-order valence-electron chi connectivity index (χ4n) is 0.901. The van der Waals surface area contributed by atoms with E-state index in [1.165, 1.54) is 6.92 Å². The van der Waals surface area contributed by atoms with Gasteiger partial charge in [-0.15, -0.1) is 4.91 Å². The number of ether oxygens (including phenoxy) is 1. The summed E-state index contributed by atoms with van der Waals surface area (Å²) in [6.45, 7) is 1.41. The summed E-state index contributed by atoms with van der Waals surface area (Å²) < 4.78 is 4.73. The summed E-state index contributed by atoms with van der Waals surface area (Å²) in [5.74, 6) is -0.374. The normalized spacial score (nSPS) is 9.31. The Hall–Kier alpha value is -1.71. The number of nitrogens with zero attached hydrogens (tertiary/aromatic N) is 1. The Labute approximate surface area is 75.5 Å². The third-order valence-electron chi connectivity index (χ3n) is 1.52. The molecule has 1 rings (SSSR count). The van der Waals surface area contributed by atoms with Crippen molar-refractivity contribution in [2.24, 2.45) is 5.18 Å². The first-order valence-corrected chi connectivity index (χ1v) is 3.78. The van der Waals surface area contributed by atoms with Crippen LogP contribution in [0.2, 0.25) is 0 Å². The first-order valence-electron chi connectivity index (χ1n) is 3.78. The Bertz CT molecular complexity index is 322. The van der Waals surface area contributed by atoms with E-state index < -0.39 is 0 Å². The molecule has 0 radical (unpaired) electrons. The lowest BCUT2D eigenvalue weighted by molar-refractivity contribution is -0.142. The van der Waals surface area contributed by atoms with Gasteiger partial charge in [0, 0.05) is 12.5 Å². The molecule has 0 heterocycles. The maximum atomic E-state index is 10.5. The second-order valence-electron chi connectivity index (χ2n) is 2.50. The monoisotopic (exact) mass is 179 g/mol. The van der Waals surface area contributed by atoms with E-state index in [2.05, 4.69) is 5.18 Å². The maximum Gasteiger partial charge on any atom is 0.302 e. The molecule has 0 atom stereocenters.